The van der Waals surface area contributed by atoms with E-state index in [4.69, 9.17) is 17.3 Å². The summed E-state index contributed by atoms with van der Waals surface area (Å²) in [6, 6.07) is 12.8. The van der Waals surface area contributed by atoms with Crippen molar-refractivity contribution in [1.82, 2.24) is 20.3 Å². The second-order valence-electron chi connectivity index (χ2n) is 6.55. The Bertz CT molecular complexity index is 1060. The molecule has 29 heavy (non-hydrogen) atoms. The minimum absolute atomic E-state index is 0.0118. The summed E-state index contributed by atoms with van der Waals surface area (Å²) >= 11 is 6.08. The molecule has 1 heterocycles. The maximum atomic E-state index is 12.4. The van der Waals surface area contributed by atoms with Crippen molar-refractivity contribution in [2.75, 3.05) is 11.1 Å². The Kier molecular flexibility index (Phi) is 6.13. The van der Waals surface area contributed by atoms with Crippen LogP contribution in [0.2, 0.25) is 5.02 Å². The van der Waals surface area contributed by atoms with Crippen LogP contribution in [0.15, 0.2) is 42.5 Å². The highest BCUT2D eigenvalue weighted by atomic mass is 35.5. The van der Waals surface area contributed by atoms with Gasteiger partial charge in [0.25, 0.3) is 5.91 Å². The smallest absolute Gasteiger partial charge is 0.275 e. The van der Waals surface area contributed by atoms with Crippen LogP contribution in [0.1, 0.15) is 27.2 Å². The lowest BCUT2D eigenvalue weighted by molar-refractivity contribution is -0.116. The topological polar surface area (TPSA) is 115 Å². The number of benzene rings is 2. The van der Waals surface area contributed by atoms with Crippen LogP contribution in [-0.4, -0.2) is 26.8 Å². The quantitative estimate of drug-likeness (QED) is 0.575. The van der Waals surface area contributed by atoms with E-state index >= 15 is 0 Å². The van der Waals surface area contributed by atoms with Crippen molar-refractivity contribution in [3.8, 4) is 0 Å². The summed E-state index contributed by atoms with van der Waals surface area (Å²) in [7, 11) is 0. The molecule has 3 rings (SSSR count). The number of hydrogen-bond acceptors (Lipinski definition) is 5. The molecule has 150 valence electrons. The summed E-state index contributed by atoms with van der Waals surface area (Å²) in [6.45, 7) is 3.95. The third-order valence-electron chi connectivity index (χ3n) is 4.56. The van der Waals surface area contributed by atoms with Gasteiger partial charge in [0.2, 0.25) is 5.91 Å². The molecule has 9 heteroatoms. The normalized spacial score (nSPS) is 10.6. The van der Waals surface area contributed by atoms with Crippen molar-refractivity contribution in [3.63, 3.8) is 0 Å². The summed E-state index contributed by atoms with van der Waals surface area (Å²) in [6.07, 6.45) is 0. The summed E-state index contributed by atoms with van der Waals surface area (Å²) in [5.74, 6) is -0.806. The van der Waals surface area contributed by atoms with Gasteiger partial charge in [-0.15, -0.1) is 5.10 Å². The number of nitrogen functional groups attached to an aromatic ring is 1. The fraction of sp³-hybridized carbons (Fsp3) is 0.200. The first kappa shape index (κ1) is 20.3. The van der Waals surface area contributed by atoms with Crippen molar-refractivity contribution in [1.29, 1.82) is 0 Å². The van der Waals surface area contributed by atoms with Crippen LogP contribution in [0.25, 0.3) is 0 Å². The first-order valence-corrected chi connectivity index (χ1v) is 9.31. The Hall–Kier alpha value is -3.39. The number of hydrogen-bond donors (Lipinski definition) is 3. The van der Waals surface area contributed by atoms with Crippen LogP contribution in [0.5, 0.6) is 0 Å². The van der Waals surface area contributed by atoms with Crippen LogP contribution in [-0.2, 0) is 17.9 Å². The van der Waals surface area contributed by atoms with E-state index in [-0.39, 0.29) is 30.5 Å². The molecule has 0 saturated heterocycles. The van der Waals surface area contributed by atoms with Gasteiger partial charge < -0.3 is 16.4 Å². The van der Waals surface area contributed by atoms with E-state index in [1.54, 1.807) is 18.2 Å². The first-order valence-electron chi connectivity index (χ1n) is 8.93. The zero-order chi connectivity index (χ0) is 21.0. The number of nitrogens with one attached hydrogen (secondary N) is 2. The van der Waals surface area contributed by atoms with Crippen molar-refractivity contribution >= 4 is 34.9 Å². The molecule has 2 amide bonds. The Morgan fingerprint density at radius 1 is 1.14 bits per heavy atom. The Morgan fingerprint density at radius 3 is 2.66 bits per heavy atom. The maximum absolute atomic E-state index is 12.4. The number of halogens is 1. The molecule has 1 aromatic heterocycles. The fourth-order valence-electron chi connectivity index (χ4n) is 2.71. The standard InChI is InChI=1S/C20H21ClN6O2/c1-12-6-5-9-16(13(12)2)24-17(28)11-27-19(22)18(25-26-27)20(29)23-10-14-7-3-4-8-15(14)21/h3-9H,10-11,22H2,1-2H3,(H,23,29)(H,24,28). The molecule has 0 saturated carbocycles. The average molecular weight is 413 g/mol. The zero-order valence-corrected chi connectivity index (χ0v) is 16.8. The highest BCUT2D eigenvalue weighted by Gasteiger charge is 2.19. The molecule has 8 nitrogen and oxygen atoms in total. The van der Waals surface area contributed by atoms with Gasteiger partial charge in [-0.1, -0.05) is 47.1 Å². The zero-order valence-electron chi connectivity index (χ0n) is 16.1. The molecule has 3 aromatic rings. The maximum Gasteiger partial charge on any atom is 0.275 e. The summed E-state index contributed by atoms with van der Waals surface area (Å²) < 4.78 is 1.19. The Balaban J connectivity index is 1.64. The number of aryl methyl sites for hydroxylation is 1. The predicted molar refractivity (Wildman–Crippen MR) is 112 cm³/mol. The van der Waals surface area contributed by atoms with Crippen LogP contribution in [0.4, 0.5) is 11.5 Å². The van der Waals surface area contributed by atoms with Crippen molar-refractivity contribution in [3.05, 3.63) is 69.9 Å². The lowest BCUT2D eigenvalue weighted by Gasteiger charge is -2.10. The molecule has 0 aliphatic rings. The van der Waals surface area contributed by atoms with Crippen molar-refractivity contribution in [2.24, 2.45) is 0 Å². The molecular weight excluding hydrogens is 392 g/mol. The number of nitrogens with two attached hydrogens (primary N) is 1. The third kappa shape index (κ3) is 4.72. The van der Waals surface area contributed by atoms with E-state index in [0.29, 0.717) is 10.7 Å². The number of rotatable bonds is 6. The second kappa shape index (κ2) is 8.74. The van der Waals surface area contributed by atoms with Gasteiger partial charge in [0.15, 0.2) is 11.5 Å². The Morgan fingerprint density at radius 2 is 1.90 bits per heavy atom. The number of carbonyl (C=O) groups is 2. The lowest BCUT2D eigenvalue weighted by atomic mass is 10.1. The van der Waals surface area contributed by atoms with Crippen molar-refractivity contribution in [2.45, 2.75) is 26.9 Å². The summed E-state index contributed by atoms with van der Waals surface area (Å²) in [4.78, 5) is 24.7. The van der Waals surface area contributed by atoms with Gasteiger partial charge in [0.05, 0.1) is 0 Å². The van der Waals surface area contributed by atoms with E-state index < -0.39 is 5.91 Å². The minimum Gasteiger partial charge on any atom is -0.382 e. The first-order chi connectivity index (χ1) is 13.9. The van der Waals surface area contributed by atoms with E-state index in [1.165, 1.54) is 4.68 Å². The molecular formula is C20H21ClN6O2. The minimum atomic E-state index is -0.497. The molecule has 0 radical (unpaired) electrons. The van der Waals surface area contributed by atoms with Crippen LogP contribution in [0.3, 0.4) is 0 Å². The van der Waals surface area contributed by atoms with Gasteiger partial charge in [-0.05, 0) is 42.7 Å². The molecule has 0 unspecified atom stereocenters. The van der Waals surface area contributed by atoms with E-state index in [1.807, 2.05) is 38.1 Å². The van der Waals surface area contributed by atoms with Crippen LogP contribution < -0.4 is 16.4 Å². The molecule has 0 bridgehead atoms. The Labute approximate surface area is 173 Å². The van der Waals surface area contributed by atoms with Gasteiger partial charge in [0, 0.05) is 17.3 Å². The number of amides is 2. The highest BCUT2D eigenvalue weighted by Crippen LogP contribution is 2.18. The average Bonchev–Trinajstić information content (AvgIpc) is 3.05. The molecule has 0 atom stereocenters. The van der Waals surface area contributed by atoms with Gasteiger partial charge in [0.1, 0.15) is 6.54 Å². The molecule has 0 aliphatic carbocycles. The van der Waals surface area contributed by atoms with Gasteiger partial charge in [-0.2, -0.15) is 0 Å². The van der Waals surface area contributed by atoms with Crippen LogP contribution in [0, 0.1) is 13.8 Å². The SMILES string of the molecule is Cc1cccc(NC(=O)Cn2nnc(C(=O)NCc3ccccc3Cl)c2N)c1C. The largest absolute Gasteiger partial charge is 0.382 e. The number of nitrogens with zero attached hydrogens (tertiary/aromatic N) is 3. The number of carbonyl (C=O) groups excluding carboxylic acids is 2. The fourth-order valence-corrected chi connectivity index (χ4v) is 2.91. The third-order valence-corrected chi connectivity index (χ3v) is 4.93. The number of aromatic nitrogens is 3. The molecule has 4 N–H and O–H groups in total. The second-order valence-corrected chi connectivity index (χ2v) is 6.96. The van der Waals surface area contributed by atoms with Gasteiger partial charge >= 0.3 is 0 Å². The summed E-state index contributed by atoms with van der Waals surface area (Å²) in [5, 5.41) is 13.7. The highest BCUT2D eigenvalue weighted by molar-refractivity contribution is 6.31. The lowest BCUT2D eigenvalue weighted by Crippen LogP contribution is -2.25. The summed E-state index contributed by atoms with van der Waals surface area (Å²) in [5.41, 5.74) is 9.45. The number of anilines is 2. The molecule has 0 aliphatic heterocycles. The molecule has 2 aromatic carbocycles. The van der Waals surface area contributed by atoms with E-state index in [2.05, 4.69) is 20.9 Å². The molecule has 0 spiro atoms. The van der Waals surface area contributed by atoms with E-state index in [9.17, 15) is 9.59 Å². The van der Waals surface area contributed by atoms with Gasteiger partial charge in [-0.3, -0.25) is 9.59 Å². The predicted octanol–water partition coefficient (Wildman–Crippen LogP) is 2.70. The molecule has 0 fully saturated rings. The monoisotopic (exact) mass is 412 g/mol. The van der Waals surface area contributed by atoms with Gasteiger partial charge in [-0.25, -0.2) is 4.68 Å². The van der Waals surface area contributed by atoms with E-state index in [0.717, 1.165) is 16.7 Å². The van der Waals surface area contributed by atoms with Crippen molar-refractivity contribution < 1.29 is 9.59 Å². The van der Waals surface area contributed by atoms with Crippen LogP contribution >= 0.6 is 11.6 Å².